The highest BCUT2D eigenvalue weighted by Crippen LogP contribution is 2.47. The summed E-state index contributed by atoms with van der Waals surface area (Å²) >= 11 is 2.80. The van der Waals surface area contributed by atoms with Gasteiger partial charge in [-0.15, -0.1) is 11.3 Å². The van der Waals surface area contributed by atoms with Gasteiger partial charge >= 0.3 is 0 Å². The van der Waals surface area contributed by atoms with Gasteiger partial charge in [-0.2, -0.15) is 0 Å². The quantitative estimate of drug-likeness (QED) is 0.657. The van der Waals surface area contributed by atoms with Crippen LogP contribution in [0.1, 0.15) is 31.0 Å². The zero-order valence-electron chi connectivity index (χ0n) is 15.7. The Morgan fingerprint density at radius 1 is 1.07 bits per heavy atom. The number of hydrogen-bond acceptors (Lipinski definition) is 6. The molecule has 1 aromatic heterocycles. The molecule has 0 aliphatic carbocycles. The SMILES string of the molecule is COc1ccc(C2Sc3ccccc3C(=O)N2NC(=O)c2cccs2)c(OC)c1. The van der Waals surface area contributed by atoms with Crippen molar-refractivity contribution in [2.45, 2.75) is 10.3 Å². The van der Waals surface area contributed by atoms with Crippen LogP contribution in [0.15, 0.2) is 64.9 Å². The molecule has 2 heterocycles. The third kappa shape index (κ3) is 3.68. The predicted molar refractivity (Wildman–Crippen MR) is 113 cm³/mol. The van der Waals surface area contributed by atoms with Crippen molar-refractivity contribution in [3.05, 3.63) is 76.0 Å². The summed E-state index contributed by atoms with van der Waals surface area (Å²) in [6, 6.07) is 16.3. The first-order chi connectivity index (χ1) is 14.1. The fourth-order valence-corrected chi connectivity index (χ4v) is 4.93. The molecule has 1 unspecified atom stereocenters. The Balaban J connectivity index is 1.77. The minimum atomic E-state index is -0.498. The number of nitrogens with zero attached hydrogens (tertiary/aromatic N) is 1. The van der Waals surface area contributed by atoms with E-state index in [2.05, 4.69) is 5.43 Å². The van der Waals surface area contributed by atoms with Crippen LogP contribution in [0.5, 0.6) is 11.5 Å². The monoisotopic (exact) mass is 426 g/mol. The molecule has 2 amide bonds. The Hall–Kier alpha value is -2.97. The van der Waals surface area contributed by atoms with Crippen LogP contribution in [0.4, 0.5) is 0 Å². The number of ether oxygens (including phenoxy) is 2. The molecule has 1 N–H and O–H groups in total. The van der Waals surface area contributed by atoms with Crippen LogP contribution < -0.4 is 14.9 Å². The second kappa shape index (κ2) is 8.18. The van der Waals surface area contributed by atoms with E-state index in [0.29, 0.717) is 21.9 Å². The molecule has 3 aromatic rings. The van der Waals surface area contributed by atoms with Crippen molar-refractivity contribution < 1.29 is 19.1 Å². The number of carbonyl (C=O) groups excluding carboxylic acids is 2. The van der Waals surface area contributed by atoms with E-state index >= 15 is 0 Å². The molecule has 29 heavy (non-hydrogen) atoms. The Morgan fingerprint density at radius 2 is 1.90 bits per heavy atom. The van der Waals surface area contributed by atoms with Gasteiger partial charge in [0.1, 0.15) is 16.9 Å². The van der Waals surface area contributed by atoms with Gasteiger partial charge in [0.2, 0.25) is 0 Å². The first-order valence-corrected chi connectivity index (χ1v) is 10.5. The van der Waals surface area contributed by atoms with Crippen molar-refractivity contribution in [2.75, 3.05) is 14.2 Å². The van der Waals surface area contributed by atoms with Gasteiger partial charge in [-0.3, -0.25) is 15.0 Å². The second-order valence-electron chi connectivity index (χ2n) is 6.17. The molecule has 1 aliphatic heterocycles. The number of hydrazine groups is 1. The van der Waals surface area contributed by atoms with E-state index in [1.807, 2.05) is 35.7 Å². The molecule has 1 atom stereocenters. The van der Waals surface area contributed by atoms with Gasteiger partial charge in [0.25, 0.3) is 11.8 Å². The normalized spacial score (nSPS) is 15.6. The zero-order valence-corrected chi connectivity index (χ0v) is 17.4. The summed E-state index contributed by atoms with van der Waals surface area (Å²) in [5.41, 5.74) is 4.09. The standard InChI is InChI=1S/C21H18N2O4S2/c1-26-13-9-10-14(16(12-13)27-2)21-23(22-19(24)18-8-5-11-28-18)20(25)15-6-3-4-7-17(15)29-21/h3-12,21H,1-2H3,(H,22,24). The highest BCUT2D eigenvalue weighted by Gasteiger charge is 2.37. The number of thioether (sulfide) groups is 1. The molecule has 0 spiro atoms. The Morgan fingerprint density at radius 3 is 2.62 bits per heavy atom. The van der Waals surface area contributed by atoms with Gasteiger partial charge < -0.3 is 9.47 Å². The molecule has 8 heteroatoms. The number of amides is 2. The minimum absolute atomic E-state index is 0.271. The van der Waals surface area contributed by atoms with Crippen molar-refractivity contribution in [2.24, 2.45) is 0 Å². The van der Waals surface area contributed by atoms with Crippen LogP contribution in [-0.4, -0.2) is 31.0 Å². The highest BCUT2D eigenvalue weighted by molar-refractivity contribution is 7.99. The van der Waals surface area contributed by atoms with Crippen LogP contribution in [0, 0.1) is 0 Å². The lowest BCUT2D eigenvalue weighted by Gasteiger charge is -2.36. The van der Waals surface area contributed by atoms with Gasteiger partial charge in [-0.25, -0.2) is 5.01 Å². The smallest absolute Gasteiger partial charge is 0.279 e. The lowest BCUT2D eigenvalue weighted by molar-refractivity contribution is 0.0547. The van der Waals surface area contributed by atoms with E-state index in [1.165, 1.54) is 28.1 Å². The maximum Gasteiger partial charge on any atom is 0.279 e. The molecule has 6 nitrogen and oxygen atoms in total. The number of fused-ring (bicyclic) bond motifs is 1. The summed E-state index contributed by atoms with van der Waals surface area (Å²) in [6.45, 7) is 0. The second-order valence-corrected chi connectivity index (χ2v) is 8.24. The molecular formula is C21H18N2O4S2. The molecule has 0 saturated heterocycles. The van der Waals surface area contributed by atoms with Gasteiger partial charge in [-0.05, 0) is 35.7 Å². The average molecular weight is 427 g/mol. The zero-order chi connectivity index (χ0) is 20.4. The van der Waals surface area contributed by atoms with Crippen molar-refractivity contribution in [3.63, 3.8) is 0 Å². The number of thiophene rings is 1. The summed E-state index contributed by atoms with van der Waals surface area (Å²) in [5.74, 6) is 0.620. The molecule has 0 saturated carbocycles. The van der Waals surface area contributed by atoms with E-state index in [-0.39, 0.29) is 11.8 Å². The van der Waals surface area contributed by atoms with E-state index < -0.39 is 5.37 Å². The fourth-order valence-electron chi connectivity index (χ4n) is 3.06. The van der Waals surface area contributed by atoms with Crippen molar-refractivity contribution in [3.8, 4) is 11.5 Å². The summed E-state index contributed by atoms with van der Waals surface area (Å²) < 4.78 is 10.8. The lowest BCUT2D eigenvalue weighted by Crippen LogP contribution is -2.49. The van der Waals surface area contributed by atoms with E-state index in [9.17, 15) is 9.59 Å². The molecule has 4 rings (SSSR count). The first-order valence-electron chi connectivity index (χ1n) is 8.78. The maximum absolute atomic E-state index is 13.3. The van der Waals surface area contributed by atoms with Crippen LogP contribution >= 0.6 is 23.1 Å². The number of rotatable bonds is 5. The van der Waals surface area contributed by atoms with E-state index in [1.54, 1.807) is 38.5 Å². The molecule has 0 bridgehead atoms. The lowest BCUT2D eigenvalue weighted by atomic mass is 10.1. The van der Waals surface area contributed by atoms with Crippen LogP contribution in [0.3, 0.4) is 0 Å². The topological polar surface area (TPSA) is 67.9 Å². The number of carbonyl (C=O) groups is 2. The fraction of sp³-hybridized carbons (Fsp3) is 0.143. The Bertz CT molecular complexity index is 1050. The highest BCUT2D eigenvalue weighted by atomic mass is 32.2. The number of hydrogen-bond donors (Lipinski definition) is 1. The third-order valence-electron chi connectivity index (χ3n) is 4.48. The molecule has 148 valence electrons. The minimum Gasteiger partial charge on any atom is -0.497 e. The summed E-state index contributed by atoms with van der Waals surface area (Å²) in [5, 5.41) is 2.70. The molecule has 0 radical (unpaired) electrons. The number of methoxy groups -OCH3 is 2. The summed E-state index contributed by atoms with van der Waals surface area (Å²) in [4.78, 5) is 27.4. The number of benzene rings is 2. The van der Waals surface area contributed by atoms with Gasteiger partial charge in [-0.1, -0.05) is 30.0 Å². The van der Waals surface area contributed by atoms with Crippen LogP contribution in [0.25, 0.3) is 0 Å². The van der Waals surface area contributed by atoms with Crippen molar-refractivity contribution in [1.29, 1.82) is 0 Å². The van der Waals surface area contributed by atoms with Crippen LogP contribution in [0.2, 0.25) is 0 Å². The molecular weight excluding hydrogens is 408 g/mol. The molecule has 1 aliphatic rings. The van der Waals surface area contributed by atoms with Gasteiger partial charge in [0.05, 0.1) is 24.7 Å². The van der Waals surface area contributed by atoms with Gasteiger partial charge in [0, 0.05) is 16.5 Å². The van der Waals surface area contributed by atoms with E-state index in [4.69, 9.17) is 9.47 Å². The Labute approximate surface area is 176 Å². The maximum atomic E-state index is 13.3. The van der Waals surface area contributed by atoms with Crippen molar-refractivity contribution in [1.82, 2.24) is 10.4 Å². The average Bonchev–Trinajstić information content (AvgIpc) is 3.30. The van der Waals surface area contributed by atoms with Crippen LogP contribution in [-0.2, 0) is 0 Å². The van der Waals surface area contributed by atoms with Crippen molar-refractivity contribution >= 4 is 34.9 Å². The largest absolute Gasteiger partial charge is 0.497 e. The first kappa shape index (κ1) is 19.4. The van der Waals surface area contributed by atoms with E-state index in [0.717, 1.165) is 10.5 Å². The predicted octanol–water partition coefficient (Wildman–Crippen LogP) is 4.36. The Kier molecular flexibility index (Phi) is 5.46. The number of nitrogens with one attached hydrogen (secondary N) is 1. The molecule has 2 aromatic carbocycles. The summed E-state index contributed by atoms with van der Waals surface area (Å²) in [6.07, 6.45) is 0. The third-order valence-corrected chi connectivity index (χ3v) is 6.65. The molecule has 0 fully saturated rings. The summed E-state index contributed by atoms with van der Waals surface area (Å²) in [7, 11) is 3.15. The van der Waals surface area contributed by atoms with Gasteiger partial charge in [0.15, 0.2) is 0 Å².